The normalized spacial score (nSPS) is 27.2. The molecule has 0 aliphatic carbocycles. The lowest BCUT2D eigenvalue weighted by Crippen LogP contribution is -2.52. The maximum absolute atomic E-state index is 12.8. The fourth-order valence-electron chi connectivity index (χ4n) is 4.39. The Labute approximate surface area is 216 Å². The molecule has 3 rings (SSSR count). The average Bonchev–Trinajstić information content (AvgIpc) is 3.41. The van der Waals surface area contributed by atoms with Crippen LogP contribution in [0.1, 0.15) is 19.3 Å². The number of amides is 6. The first-order valence-electron chi connectivity index (χ1n) is 12.0. The first-order valence-corrected chi connectivity index (χ1v) is 17.4. The fourth-order valence-corrected chi connectivity index (χ4v) is 9.41. The van der Waals surface area contributed by atoms with E-state index in [-0.39, 0.29) is 67.1 Å². The Hall–Kier alpha value is -2.34. The van der Waals surface area contributed by atoms with E-state index in [0.717, 1.165) is 0 Å². The third-order valence-corrected chi connectivity index (χ3v) is 11.6. The first kappa shape index (κ1) is 29.2. The topological polar surface area (TPSA) is 217 Å². The molecule has 15 nitrogen and oxygen atoms in total. The second kappa shape index (κ2) is 12.0. The van der Waals surface area contributed by atoms with Gasteiger partial charge in [0.2, 0.25) is 0 Å². The van der Waals surface area contributed by atoms with Gasteiger partial charge in [-0.15, -0.1) is 0 Å². The second-order valence-electron chi connectivity index (χ2n) is 9.54. The molecule has 5 N–H and O–H groups in total. The van der Waals surface area contributed by atoms with Gasteiger partial charge in [-0.25, -0.2) is 39.6 Å². The molecule has 3 unspecified atom stereocenters. The summed E-state index contributed by atoms with van der Waals surface area (Å²) >= 11 is 0. The number of carbonyl (C=O) groups excluding carboxylic acids is 3. The molecular weight excluding hydrogens is 552 g/mol. The van der Waals surface area contributed by atoms with E-state index in [1.165, 1.54) is 4.90 Å². The quantitative estimate of drug-likeness (QED) is 0.188. The van der Waals surface area contributed by atoms with E-state index in [1.807, 2.05) is 0 Å². The molecule has 0 aromatic rings. The van der Waals surface area contributed by atoms with E-state index in [1.54, 1.807) is 0 Å². The average molecular weight is 587 g/mol. The summed E-state index contributed by atoms with van der Waals surface area (Å²) in [7, 11) is -9.52. The van der Waals surface area contributed by atoms with Crippen molar-refractivity contribution in [2.75, 3.05) is 60.7 Å². The van der Waals surface area contributed by atoms with Gasteiger partial charge >= 0.3 is 18.1 Å². The number of nitrogens with one attached hydrogen (secondary N) is 5. The zero-order valence-corrected chi connectivity index (χ0v) is 22.7. The molecular formula is C19H34N6O9S3. The van der Waals surface area contributed by atoms with Crippen molar-refractivity contribution in [1.82, 2.24) is 31.5 Å². The summed E-state index contributed by atoms with van der Waals surface area (Å²) in [5, 5.41) is 13.0. The number of rotatable bonds is 9. The van der Waals surface area contributed by atoms with Crippen molar-refractivity contribution in [3.8, 4) is 0 Å². The SMILES string of the molecule is O=C(NCCN(CCNC(=O)NC1CCS(=O)(=O)C1)C(=O)NC1CCS(=O)(=O)C1)NC1CCS(=O)(=O)C1. The van der Waals surface area contributed by atoms with E-state index in [0.29, 0.717) is 12.8 Å². The van der Waals surface area contributed by atoms with Gasteiger partial charge in [0, 0.05) is 44.3 Å². The minimum absolute atomic E-state index is 0.0138. The predicted molar refractivity (Wildman–Crippen MR) is 134 cm³/mol. The Morgan fingerprint density at radius 2 is 0.946 bits per heavy atom. The minimum Gasteiger partial charge on any atom is -0.336 e. The van der Waals surface area contributed by atoms with Crippen LogP contribution in [0.15, 0.2) is 0 Å². The lowest BCUT2D eigenvalue weighted by Gasteiger charge is -2.25. The minimum atomic E-state index is -3.21. The molecule has 3 atom stereocenters. The molecule has 3 heterocycles. The Balaban J connectivity index is 1.46. The van der Waals surface area contributed by atoms with Gasteiger partial charge in [-0.05, 0) is 19.3 Å². The van der Waals surface area contributed by atoms with E-state index in [2.05, 4.69) is 26.6 Å². The van der Waals surface area contributed by atoms with Crippen LogP contribution in [-0.4, -0.2) is 127 Å². The van der Waals surface area contributed by atoms with E-state index < -0.39 is 65.7 Å². The molecule has 0 radical (unpaired) electrons. The third kappa shape index (κ3) is 9.81. The van der Waals surface area contributed by atoms with Gasteiger partial charge in [-0.2, -0.15) is 0 Å². The molecule has 212 valence electrons. The number of sulfone groups is 3. The van der Waals surface area contributed by atoms with Crippen LogP contribution in [0.25, 0.3) is 0 Å². The summed E-state index contributed by atoms with van der Waals surface area (Å²) < 4.78 is 69.5. The highest BCUT2D eigenvalue weighted by Gasteiger charge is 2.31. The van der Waals surface area contributed by atoms with Crippen molar-refractivity contribution < 1.29 is 39.6 Å². The molecule has 18 heteroatoms. The van der Waals surface area contributed by atoms with E-state index in [9.17, 15) is 39.6 Å². The Morgan fingerprint density at radius 1 is 0.595 bits per heavy atom. The van der Waals surface area contributed by atoms with Gasteiger partial charge in [0.05, 0.1) is 34.5 Å². The van der Waals surface area contributed by atoms with Crippen LogP contribution in [-0.2, 0) is 29.5 Å². The second-order valence-corrected chi connectivity index (χ2v) is 16.2. The molecule has 3 fully saturated rings. The lowest BCUT2D eigenvalue weighted by atomic mass is 10.3. The molecule has 0 spiro atoms. The number of urea groups is 3. The zero-order chi connectivity index (χ0) is 27.3. The lowest BCUT2D eigenvalue weighted by molar-refractivity contribution is 0.193. The molecule has 3 aliphatic heterocycles. The summed E-state index contributed by atoms with van der Waals surface area (Å²) in [6.07, 6.45) is 0.946. The number of nitrogens with zero attached hydrogens (tertiary/aromatic N) is 1. The Kier molecular flexibility index (Phi) is 9.49. The smallest absolute Gasteiger partial charge is 0.317 e. The summed E-state index contributed by atoms with van der Waals surface area (Å²) in [6, 6.07) is -3.21. The van der Waals surface area contributed by atoms with Gasteiger partial charge in [-0.1, -0.05) is 0 Å². The molecule has 0 bridgehead atoms. The molecule has 6 amide bonds. The molecule has 0 aromatic carbocycles. The summed E-state index contributed by atoms with van der Waals surface area (Å²) in [5.74, 6) is -0.406. The van der Waals surface area contributed by atoms with Crippen LogP contribution in [0.4, 0.5) is 14.4 Å². The Bertz CT molecular complexity index is 1130. The van der Waals surface area contributed by atoms with Crippen LogP contribution in [0.2, 0.25) is 0 Å². The van der Waals surface area contributed by atoms with Crippen molar-refractivity contribution in [3.05, 3.63) is 0 Å². The highest BCUT2D eigenvalue weighted by atomic mass is 32.2. The van der Waals surface area contributed by atoms with Gasteiger partial charge in [-0.3, -0.25) is 0 Å². The highest BCUT2D eigenvalue weighted by Crippen LogP contribution is 2.13. The highest BCUT2D eigenvalue weighted by molar-refractivity contribution is 7.92. The van der Waals surface area contributed by atoms with Crippen LogP contribution in [0, 0.1) is 0 Å². The standard InChI is InChI=1S/C19H34N6O9S3/c26-17(22-14-1-8-35(29,30)11-14)20-4-6-25(19(28)24-16-3-10-37(33,34)13-16)7-5-21-18(27)23-15-2-9-36(31,32)12-15/h14-16H,1-13H2,(H,24,28)(H2,20,22,26)(H2,21,23,27). The summed E-state index contributed by atoms with van der Waals surface area (Å²) in [6.45, 7) is 0.110. The first-order chi connectivity index (χ1) is 17.2. The van der Waals surface area contributed by atoms with Crippen LogP contribution < -0.4 is 26.6 Å². The fraction of sp³-hybridized carbons (Fsp3) is 0.842. The molecule has 0 saturated carbocycles. The molecule has 0 aromatic heterocycles. The predicted octanol–water partition coefficient (Wildman–Crippen LogP) is -2.84. The van der Waals surface area contributed by atoms with Crippen LogP contribution in [0.3, 0.4) is 0 Å². The number of carbonyl (C=O) groups is 3. The van der Waals surface area contributed by atoms with Gasteiger partial charge in [0.1, 0.15) is 0 Å². The molecule has 3 aliphatic rings. The van der Waals surface area contributed by atoms with E-state index in [4.69, 9.17) is 0 Å². The molecule has 3 saturated heterocycles. The summed E-state index contributed by atoms with van der Waals surface area (Å²) in [5.41, 5.74) is 0. The van der Waals surface area contributed by atoms with Gasteiger partial charge < -0.3 is 31.5 Å². The van der Waals surface area contributed by atoms with Gasteiger partial charge in [0.15, 0.2) is 29.5 Å². The van der Waals surface area contributed by atoms with Crippen molar-refractivity contribution in [1.29, 1.82) is 0 Å². The zero-order valence-electron chi connectivity index (χ0n) is 20.3. The maximum atomic E-state index is 12.8. The van der Waals surface area contributed by atoms with Crippen molar-refractivity contribution in [2.45, 2.75) is 37.4 Å². The van der Waals surface area contributed by atoms with Crippen LogP contribution in [0.5, 0.6) is 0 Å². The Morgan fingerprint density at radius 3 is 1.27 bits per heavy atom. The van der Waals surface area contributed by atoms with Crippen molar-refractivity contribution in [3.63, 3.8) is 0 Å². The van der Waals surface area contributed by atoms with Gasteiger partial charge in [0.25, 0.3) is 0 Å². The van der Waals surface area contributed by atoms with Crippen LogP contribution >= 0.6 is 0 Å². The molecule has 37 heavy (non-hydrogen) atoms. The van der Waals surface area contributed by atoms with Crippen molar-refractivity contribution >= 4 is 47.6 Å². The maximum Gasteiger partial charge on any atom is 0.317 e. The number of hydrogen-bond donors (Lipinski definition) is 5. The summed E-state index contributed by atoms with van der Waals surface area (Å²) in [4.78, 5) is 38.3. The van der Waals surface area contributed by atoms with Crippen molar-refractivity contribution in [2.24, 2.45) is 0 Å². The third-order valence-electron chi connectivity index (χ3n) is 6.32. The van der Waals surface area contributed by atoms with E-state index >= 15 is 0 Å². The number of hydrogen-bond acceptors (Lipinski definition) is 9. The largest absolute Gasteiger partial charge is 0.336 e. The monoisotopic (exact) mass is 586 g/mol.